The van der Waals surface area contributed by atoms with Gasteiger partial charge in [-0.05, 0) is 48.7 Å². The van der Waals surface area contributed by atoms with Crippen molar-refractivity contribution in [3.8, 4) is 5.75 Å². The highest BCUT2D eigenvalue weighted by Crippen LogP contribution is 2.20. The van der Waals surface area contributed by atoms with Gasteiger partial charge >= 0.3 is 0 Å². The van der Waals surface area contributed by atoms with Gasteiger partial charge in [-0.2, -0.15) is 0 Å². The first-order chi connectivity index (χ1) is 16.3. The van der Waals surface area contributed by atoms with Gasteiger partial charge in [-0.15, -0.1) is 6.58 Å². The Kier molecular flexibility index (Phi) is 7.48. The van der Waals surface area contributed by atoms with E-state index in [1.807, 2.05) is 42.5 Å². The second-order valence-corrected chi connectivity index (χ2v) is 7.71. The number of nitrogens with zero attached hydrogens (tertiary/aromatic N) is 3. The summed E-state index contributed by atoms with van der Waals surface area (Å²) in [6, 6.07) is 19.6. The lowest BCUT2D eigenvalue weighted by atomic mass is 10.1. The molecule has 0 aliphatic rings. The molecule has 2 heterocycles. The van der Waals surface area contributed by atoms with Gasteiger partial charge in [0.05, 0.1) is 17.6 Å². The number of carbonyl (C=O) groups excluding carboxylic acids is 1. The third kappa shape index (κ3) is 5.66. The molecule has 0 aliphatic carbocycles. The minimum atomic E-state index is -0.105. The zero-order valence-electron chi connectivity index (χ0n) is 18.6. The fourth-order valence-electron chi connectivity index (χ4n) is 3.83. The van der Waals surface area contributed by atoms with Gasteiger partial charge in [-0.1, -0.05) is 36.4 Å². The fraction of sp³-hybridized carbons (Fsp3) is 0.222. The quantitative estimate of drug-likeness (QED) is 0.273. The highest BCUT2D eigenvalue weighted by atomic mass is 16.5. The average molecular weight is 441 g/mol. The van der Waals surface area contributed by atoms with Gasteiger partial charge in [0.25, 0.3) is 5.91 Å². The van der Waals surface area contributed by atoms with Gasteiger partial charge in [-0.25, -0.2) is 4.98 Å². The molecule has 0 bridgehead atoms. The number of para-hydroxylation sites is 3. The Morgan fingerprint density at radius 3 is 2.70 bits per heavy atom. The summed E-state index contributed by atoms with van der Waals surface area (Å²) in [6.07, 6.45) is 7.41. The summed E-state index contributed by atoms with van der Waals surface area (Å²) in [5.74, 6) is 1.76. The Morgan fingerprint density at radius 2 is 1.85 bits per heavy atom. The first-order valence-corrected chi connectivity index (χ1v) is 11.2. The van der Waals surface area contributed by atoms with Crippen LogP contribution in [0.5, 0.6) is 5.75 Å². The van der Waals surface area contributed by atoms with Crippen LogP contribution < -0.4 is 10.1 Å². The summed E-state index contributed by atoms with van der Waals surface area (Å²) < 4.78 is 8.29. The Hall–Kier alpha value is -3.93. The lowest BCUT2D eigenvalue weighted by molar-refractivity contribution is 0.0954. The minimum Gasteiger partial charge on any atom is -0.493 e. The number of carbonyl (C=O) groups is 1. The van der Waals surface area contributed by atoms with Crippen LogP contribution in [0.25, 0.3) is 11.0 Å². The van der Waals surface area contributed by atoms with E-state index in [1.54, 1.807) is 24.5 Å². The van der Waals surface area contributed by atoms with E-state index in [9.17, 15) is 4.79 Å². The van der Waals surface area contributed by atoms with Crippen molar-refractivity contribution in [2.75, 3.05) is 13.2 Å². The number of aryl methyl sites for hydroxylation is 1. The summed E-state index contributed by atoms with van der Waals surface area (Å²) >= 11 is 0. The number of allylic oxidation sites excluding steroid dienone is 1. The molecule has 0 saturated heterocycles. The van der Waals surface area contributed by atoms with Crippen LogP contribution in [0.2, 0.25) is 0 Å². The van der Waals surface area contributed by atoms with E-state index in [0.717, 1.165) is 47.6 Å². The molecule has 0 unspecified atom stereocenters. The van der Waals surface area contributed by atoms with E-state index in [1.165, 1.54) is 0 Å². The van der Waals surface area contributed by atoms with Crippen molar-refractivity contribution >= 4 is 16.9 Å². The molecular weight excluding hydrogens is 412 g/mol. The summed E-state index contributed by atoms with van der Waals surface area (Å²) in [5, 5.41) is 2.97. The van der Waals surface area contributed by atoms with Gasteiger partial charge in [-0.3, -0.25) is 9.78 Å². The summed E-state index contributed by atoms with van der Waals surface area (Å²) in [5.41, 5.74) is 3.81. The normalized spacial score (nSPS) is 10.8. The van der Waals surface area contributed by atoms with E-state index in [2.05, 4.69) is 33.6 Å². The maximum absolute atomic E-state index is 12.3. The number of benzene rings is 2. The van der Waals surface area contributed by atoms with E-state index >= 15 is 0 Å². The molecule has 168 valence electrons. The molecule has 33 heavy (non-hydrogen) atoms. The molecule has 6 nitrogen and oxygen atoms in total. The molecule has 0 aliphatic heterocycles. The third-order valence-corrected chi connectivity index (χ3v) is 5.43. The van der Waals surface area contributed by atoms with Crippen molar-refractivity contribution in [1.29, 1.82) is 0 Å². The van der Waals surface area contributed by atoms with Crippen molar-refractivity contribution in [1.82, 2.24) is 19.9 Å². The number of amides is 1. The molecular formula is C27H28N4O2. The molecule has 4 aromatic rings. The largest absolute Gasteiger partial charge is 0.493 e. The van der Waals surface area contributed by atoms with E-state index in [4.69, 9.17) is 9.72 Å². The molecule has 4 rings (SSSR count). The van der Waals surface area contributed by atoms with Gasteiger partial charge in [0.15, 0.2) is 0 Å². The number of aromatic nitrogens is 3. The van der Waals surface area contributed by atoms with Crippen molar-refractivity contribution in [2.45, 2.75) is 25.8 Å². The number of nitrogens with one attached hydrogen (secondary N) is 1. The van der Waals surface area contributed by atoms with Gasteiger partial charge in [0.1, 0.15) is 11.6 Å². The van der Waals surface area contributed by atoms with Crippen LogP contribution >= 0.6 is 0 Å². The van der Waals surface area contributed by atoms with Crippen molar-refractivity contribution in [2.24, 2.45) is 0 Å². The van der Waals surface area contributed by atoms with Crippen LogP contribution in [0, 0.1) is 0 Å². The number of pyridine rings is 1. The second-order valence-electron chi connectivity index (χ2n) is 7.71. The molecule has 0 fully saturated rings. The number of rotatable bonds is 11. The summed E-state index contributed by atoms with van der Waals surface area (Å²) in [6.45, 7) is 5.73. The molecule has 0 atom stereocenters. The van der Waals surface area contributed by atoms with Crippen LogP contribution in [0.15, 0.2) is 85.7 Å². The number of hydrogen-bond donors (Lipinski definition) is 1. The van der Waals surface area contributed by atoms with Crippen LogP contribution in [-0.2, 0) is 19.4 Å². The molecule has 0 spiro atoms. The molecule has 2 aromatic heterocycles. The Balaban J connectivity index is 1.38. The average Bonchev–Trinajstić information content (AvgIpc) is 3.20. The van der Waals surface area contributed by atoms with Gasteiger partial charge in [0.2, 0.25) is 0 Å². The Morgan fingerprint density at radius 1 is 1.06 bits per heavy atom. The number of ether oxygens (including phenoxy) is 1. The number of fused-ring (bicyclic) bond motifs is 1. The molecule has 1 N–H and O–H groups in total. The number of imidazole rings is 1. The predicted molar refractivity (Wildman–Crippen MR) is 130 cm³/mol. The minimum absolute atomic E-state index is 0.105. The third-order valence-electron chi connectivity index (χ3n) is 5.43. The van der Waals surface area contributed by atoms with Crippen LogP contribution in [0.3, 0.4) is 0 Å². The molecule has 6 heteroatoms. The first-order valence-electron chi connectivity index (χ1n) is 11.2. The fourth-order valence-corrected chi connectivity index (χ4v) is 3.83. The molecule has 0 radical (unpaired) electrons. The molecule has 1 amide bonds. The Bertz CT molecular complexity index is 1220. The topological polar surface area (TPSA) is 69.0 Å². The molecule has 0 saturated carbocycles. The van der Waals surface area contributed by atoms with Crippen LogP contribution in [-0.4, -0.2) is 33.6 Å². The first kappa shape index (κ1) is 22.3. The standard InChI is InChI=1S/C27H28N4O2/c1-2-8-21-9-3-6-12-25(21)33-20-7-19-31-24-11-5-4-10-23(24)30-26(31)15-18-29-27(32)22-13-16-28-17-14-22/h2-6,9-14,16-17H,1,7-8,15,18-20H2,(H,29,32). The molecule has 2 aromatic carbocycles. The predicted octanol–water partition coefficient (Wildman–Crippen LogP) is 4.60. The monoisotopic (exact) mass is 440 g/mol. The smallest absolute Gasteiger partial charge is 0.251 e. The van der Waals surface area contributed by atoms with E-state index < -0.39 is 0 Å². The summed E-state index contributed by atoms with van der Waals surface area (Å²) in [4.78, 5) is 21.1. The lowest BCUT2D eigenvalue weighted by Crippen LogP contribution is -2.26. The van der Waals surface area contributed by atoms with Crippen molar-refractivity contribution < 1.29 is 9.53 Å². The highest BCUT2D eigenvalue weighted by Gasteiger charge is 2.12. The lowest BCUT2D eigenvalue weighted by Gasteiger charge is -2.12. The van der Waals surface area contributed by atoms with E-state index in [0.29, 0.717) is 25.1 Å². The van der Waals surface area contributed by atoms with E-state index in [-0.39, 0.29) is 5.91 Å². The zero-order chi connectivity index (χ0) is 22.9. The maximum Gasteiger partial charge on any atom is 0.251 e. The van der Waals surface area contributed by atoms with Crippen molar-refractivity contribution in [3.63, 3.8) is 0 Å². The van der Waals surface area contributed by atoms with Gasteiger partial charge < -0.3 is 14.6 Å². The van der Waals surface area contributed by atoms with Crippen LogP contribution in [0.1, 0.15) is 28.2 Å². The zero-order valence-corrected chi connectivity index (χ0v) is 18.6. The van der Waals surface area contributed by atoms with Gasteiger partial charge in [0, 0.05) is 37.5 Å². The number of hydrogen-bond acceptors (Lipinski definition) is 4. The second kappa shape index (κ2) is 11.1. The SMILES string of the molecule is C=CCc1ccccc1OCCCn1c(CCNC(=O)c2ccncc2)nc2ccccc21. The van der Waals surface area contributed by atoms with Crippen LogP contribution in [0.4, 0.5) is 0 Å². The Labute approximate surface area is 194 Å². The maximum atomic E-state index is 12.3. The highest BCUT2D eigenvalue weighted by molar-refractivity contribution is 5.93. The van der Waals surface area contributed by atoms with Crippen molar-refractivity contribution in [3.05, 3.63) is 103 Å². The summed E-state index contributed by atoms with van der Waals surface area (Å²) in [7, 11) is 0.